The molecule has 0 aromatic rings. The number of rotatable bonds is 22. The van der Waals surface area contributed by atoms with Crippen LogP contribution < -0.4 is 10.6 Å². The molecule has 2 amide bonds. The Balaban J connectivity index is 1.34. The van der Waals surface area contributed by atoms with Crippen LogP contribution >= 0.6 is 0 Å². The SMILES string of the molecule is CC(=O)N[C@H]1[C@H](OC[C@@H](O)[C@H](O)[C@H](O[C@@H]2O[C@H](CO)[C@H](O)[C@H](O)[C@H]2O[C@@H]2O[C@@H](C)[C@@H](O)[C@@H](O)[C@@H]2O)[C@H](CO)NC(C)=O)O[C@H](CO)[C@@H](O[C@@H]2O[C@@H](C)[C@@H](O)[C@@H](O)[C@@H]2O)[C@@H]1O[C@@H]1O[C@H](CO)[C@H](O)[C@H](O)[C@H]1O[C@@H]1O[C@@H](C)[C@@H](O)[C@@H](O)[C@@H]1O. The van der Waals surface area contributed by atoms with Gasteiger partial charge in [0, 0.05) is 13.8 Å². The van der Waals surface area contributed by atoms with Crippen molar-refractivity contribution < 1.29 is 163 Å². The van der Waals surface area contributed by atoms with E-state index in [2.05, 4.69) is 10.6 Å². The quantitative estimate of drug-likeness (QED) is 0.0479. The Kier molecular flexibility index (Phi) is 24.6. The maximum absolute atomic E-state index is 13.2. The molecule has 0 bridgehead atoms. The van der Waals surface area contributed by atoms with Gasteiger partial charge in [0.2, 0.25) is 11.8 Å². The minimum absolute atomic E-state index is 0.852. The number of aliphatic hydroxyl groups is 19. The summed E-state index contributed by atoms with van der Waals surface area (Å²) < 4.78 is 70.4. The smallest absolute Gasteiger partial charge is 0.217 e. The summed E-state index contributed by atoms with van der Waals surface area (Å²) in [6, 6.07) is -3.58. The topological polar surface area (TPSA) is 553 Å². The van der Waals surface area contributed by atoms with Crippen molar-refractivity contribution in [2.75, 3.05) is 33.0 Å². The maximum Gasteiger partial charge on any atom is 0.217 e. The number of nitrogens with one attached hydrogen (secondary N) is 2. The number of amides is 2. The lowest BCUT2D eigenvalue weighted by Crippen LogP contribution is -2.70. The van der Waals surface area contributed by atoms with E-state index in [0.717, 1.165) is 13.8 Å². The predicted octanol–water partition coefficient (Wildman–Crippen LogP) is -13.3. The highest BCUT2D eigenvalue weighted by Gasteiger charge is 2.58. The molecule has 6 rings (SSSR count). The normalized spacial score (nSPS) is 47.7. The summed E-state index contributed by atoms with van der Waals surface area (Å²) in [6.45, 7) is 0.546. The fourth-order valence-corrected chi connectivity index (χ4v) is 10.1. The Morgan fingerprint density at radius 3 is 1.25 bits per heavy atom. The molecule has 472 valence electrons. The van der Waals surface area contributed by atoms with Crippen molar-refractivity contribution in [1.82, 2.24) is 10.6 Å². The van der Waals surface area contributed by atoms with Crippen LogP contribution in [0.1, 0.15) is 34.6 Å². The molecule has 6 heterocycles. The first-order valence-electron chi connectivity index (χ1n) is 26.1. The molecule has 0 unspecified atom stereocenters. The van der Waals surface area contributed by atoms with Crippen molar-refractivity contribution in [1.29, 1.82) is 0 Å². The van der Waals surface area contributed by atoms with Gasteiger partial charge in [-0.15, -0.1) is 0 Å². The highest BCUT2D eigenvalue weighted by molar-refractivity contribution is 5.73. The fraction of sp³-hybridized carbons (Fsp3) is 0.957. The molecule has 21 N–H and O–H groups in total. The fourth-order valence-electron chi connectivity index (χ4n) is 10.1. The summed E-state index contributed by atoms with van der Waals surface area (Å²) in [7, 11) is 0. The third-order valence-electron chi connectivity index (χ3n) is 14.9. The van der Waals surface area contributed by atoms with Crippen LogP contribution in [-0.4, -0.2) is 350 Å². The van der Waals surface area contributed by atoms with Crippen LogP contribution in [0.3, 0.4) is 0 Å². The largest absolute Gasteiger partial charge is 0.394 e. The second kappa shape index (κ2) is 29.4. The zero-order chi connectivity index (χ0) is 60.2. The van der Waals surface area contributed by atoms with Gasteiger partial charge in [0.1, 0.15) is 146 Å². The van der Waals surface area contributed by atoms with E-state index in [1.807, 2.05) is 0 Å². The Morgan fingerprint density at radius 1 is 0.444 bits per heavy atom. The van der Waals surface area contributed by atoms with E-state index in [1.165, 1.54) is 20.8 Å². The van der Waals surface area contributed by atoms with Crippen molar-refractivity contribution in [2.45, 2.75) is 243 Å². The monoisotopic (exact) mass is 1190 g/mol. The second-order valence-electron chi connectivity index (χ2n) is 20.8. The molecule has 0 radical (unpaired) electrons. The summed E-state index contributed by atoms with van der Waals surface area (Å²) in [5.41, 5.74) is 0. The zero-order valence-electron chi connectivity index (χ0n) is 44.4. The average molecular weight is 1190 g/mol. The molecule has 0 spiro atoms. The van der Waals surface area contributed by atoms with Gasteiger partial charge in [-0.25, -0.2) is 0 Å². The van der Waals surface area contributed by atoms with Gasteiger partial charge >= 0.3 is 0 Å². The second-order valence-corrected chi connectivity index (χ2v) is 20.8. The average Bonchev–Trinajstić information content (AvgIpc) is 3.59. The molecule has 0 saturated carbocycles. The van der Waals surface area contributed by atoms with Crippen LogP contribution in [0.4, 0.5) is 0 Å². The number of hydrogen-bond acceptors (Lipinski definition) is 33. The van der Waals surface area contributed by atoms with Gasteiger partial charge in [0.05, 0.1) is 57.4 Å². The van der Waals surface area contributed by atoms with E-state index in [-0.39, 0.29) is 0 Å². The summed E-state index contributed by atoms with van der Waals surface area (Å²) in [5.74, 6) is -1.76. The Morgan fingerprint density at radius 2 is 0.840 bits per heavy atom. The maximum atomic E-state index is 13.2. The van der Waals surface area contributed by atoms with Crippen LogP contribution in [0.5, 0.6) is 0 Å². The van der Waals surface area contributed by atoms with Crippen molar-refractivity contribution in [2.24, 2.45) is 0 Å². The summed E-state index contributed by atoms with van der Waals surface area (Å²) in [4.78, 5) is 25.6. The lowest BCUT2D eigenvalue weighted by molar-refractivity contribution is -0.392. The standard InChI is InChI=1S/C46H80N2O33/c1-11-22(56)28(62)33(67)42(71-11)78-37-20(9-52)76-41(21(48-15(5)54)38(37)79-46-40(32(66)27(61)19(8-51)75-46)81-44-35(69)30(64)24(58)13(3)73-44)70-10-17(55)25(59)36(16(6-49)47-14(4)53)77-45-39(31(65)26(60)18(7-50)74-45)80-43-34(68)29(63)23(57)12(2)72-43/h11-13,16-46,49-52,55-69H,6-10H2,1-5H3,(H,47,53)(H,48,54)/t11-,12-,13-,16-,17+,18+,19+,20+,21+,22+,23+,24+,25-,26-,27-,28+,29+,30+,31-,32-,33-,34-,35-,36+,37+,38+,39+,40+,41+,42-,43-,44-,45-,46-/m0/s1. The highest BCUT2D eigenvalue weighted by atomic mass is 16.8. The van der Waals surface area contributed by atoms with Crippen LogP contribution in [-0.2, 0) is 66.4 Å². The molecule has 6 saturated heterocycles. The van der Waals surface area contributed by atoms with Crippen molar-refractivity contribution in [3.05, 3.63) is 0 Å². The molecule has 0 aromatic carbocycles. The number of carbonyl (C=O) groups is 2. The molecule has 0 aliphatic carbocycles. The molecule has 6 aliphatic heterocycles. The molecule has 35 nitrogen and oxygen atoms in total. The molecule has 6 aliphatic rings. The van der Waals surface area contributed by atoms with Crippen molar-refractivity contribution in [3.63, 3.8) is 0 Å². The van der Waals surface area contributed by atoms with Gasteiger partial charge in [-0.3, -0.25) is 9.59 Å². The molecule has 81 heavy (non-hydrogen) atoms. The first-order valence-corrected chi connectivity index (χ1v) is 26.1. The predicted molar refractivity (Wildman–Crippen MR) is 253 cm³/mol. The van der Waals surface area contributed by atoms with Gasteiger partial charge in [0.25, 0.3) is 0 Å². The number of carbonyl (C=O) groups excluding carboxylic acids is 2. The van der Waals surface area contributed by atoms with Crippen molar-refractivity contribution >= 4 is 11.8 Å². The van der Waals surface area contributed by atoms with Gasteiger partial charge in [-0.05, 0) is 20.8 Å². The zero-order valence-corrected chi connectivity index (χ0v) is 44.4. The van der Waals surface area contributed by atoms with Crippen LogP contribution in [0, 0.1) is 0 Å². The molecule has 35 heteroatoms. The van der Waals surface area contributed by atoms with E-state index in [1.54, 1.807) is 0 Å². The van der Waals surface area contributed by atoms with Gasteiger partial charge in [-0.1, -0.05) is 0 Å². The summed E-state index contributed by atoms with van der Waals surface area (Å²) in [6.07, 6.45) is -60.4. The lowest BCUT2D eigenvalue weighted by Gasteiger charge is -2.51. The molecule has 34 atom stereocenters. The molecular formula is C46H80N2O33. The lowest BCUT2D eigenvalue weighted by atomic mass is 9.94. The minimum Gasteiger partial charge on any atom is -0.394 e. The molecular weight excluding hydrogens is 1110 g/mol. The number of ether oxygens (including phenoxy) is 12. The van der Waals surface area contributed by atoms with Crippen LogP contribution in [0.2, 0.25) is 0 Å². The number of hydrogen-bond donors (Lipinski definition) is 21. The first-order chi connectivity index (χ1) is 38.1. The van der Waals surface area contributed by atoms with E-state index in [0.29, 0.717) is 0 Å². The molecule has 6 fully saturated rings. The minimum atomic E-state index is -2.38. The summed E-state index contributed by atoms with van der Waals surface area (Å²) in [5, 5.41) is 210. The van der Waals surface area contributed by atoms with Gasteiger partial charge < -0.3 is 164 Å². The van der Waals surface area contributed by atoms with Gasteiger partial charge in [0.15, 0.2) is 37.7 Å². The third-order valence-corrected chi connectivity index (χ3v) is 14.9. The van der Waals surface area contributed by atoms with E-state index < -0.39 is 253 Å². The Bertz CT molecular complexity index is 1960. The number of aliphatic hydroxyl groups excluding tert-OH is 19. The Hall–Kier alpha value is -2.30. The van der Waals surface area contributed by atoms with Gasteiger partial charge in [-0.2, -0.15) is 0 Å². The van der Waals surface area contributed by atoms with E-state index in [4.69, 9.17) is 56.8 Å². The third kappa shape index (κ3) is 15.3. The van der Waals surface area contributed by atoms with Crippen LogP contribution in [0.15, 0.2) is 0 Å². The van der Waals surface area contributed by atoms with E-state index >= 15 is 0 Å². The highest BCUT2D eigenvalue weighted by Crippen LogP contribution is 2.37. The summed E-state index contributed by atoms with van der Waals surface area (Å²) >= 11 is 0. The molecule has 0 aromatic heterocycles. The van der Waals surface area contributed by atoms with E-state index in [9.17, 15) is 107 Å². The van der Waals surface area contributed by atoms with Crippen molar-refractivity contribution in [3.8, 4) is 0 Å². The first kappa shape index (κ1) is 67.8. The Labute approximate surface area is 461 Å². The van der Waals surface area contributed by atoms with Crippen LogP contribution in [0.25, 0.3) is 0 Å².